The second-order valence-electron chi connectivity index (χ2n) is 3.55. The molecule has 0 radical (unpaired) electrons. The van der Waals surface area contributed by atoms with Gasteiger partial charge in [-0.2, -0.15) is 0 Å². The first-order valence-corrected chi connectivity index (χ1v) is 6.00. The fourth-order valence-corrected chi connectivity index (χ4v) is 3.45. The third-order valence-electron chi connectivity index (χ3n) is 1.57. The summed E-state index contributed by atoms with van der Waals surface area (Å²) in [5, 5.41) is 1.78. The van der Waals surface area contributed by atoms with E-state index in [-0.39, 0.29) is 0 Å². The smallest absolute Gasteiger partial charge is 0.192 e. The van der Waals surface area contributed by atoms with Crippen LogP contribution in [0.25, 0.3) is 0 Å². The largest absolute Gasteiger partial charge is 0.222 e. The summed E-state index contributed by atoms with van der Waals surface area (Å²) < 4.78 is 23.2. The van der Waals surface area contributed by atoms with Gasteiger partial charge in [-0.1, -0.05) is 6.07 Å². The minimum atomic E-state index is -3.11. The van der Waals surface area contributed by atoms with E-state index in [2.05, 4.69) is 0 Å². The molecule has 0 spiro atoms. The Morgan fingerprint density at radius 3 is 2.25 bits per heavy atom. The van der Waals surface area contributed by atoms with Crippen LogP contribution in [-0.4, -0.2) is 13.2 Å². The van der Waals surface area contributed by atoms with Gasteiger partial charge in [-0.3, -0.25) is 0 Å². The zero-order valence-electron chi connectivity index (χ0n) is 7.37. The van der Waals surface area contributed by atoms with Crippen molar-refractivity contribution >= 4 is 21.2 Å². The van der Waals surface area contributed by atoms with Gasteiger partial charge in [0.05, 0.1) is 4.75 Å². The van der Waals surface area contributed by atoms with Crippen molar-refractivity contribution in [2.75, 3.05) is 0 Å². The van der Waals surface area contributed by atoms with Gasteiger partial charge in [0.2, 0.25) is 0 Å². The predicted molar refractivity (Wildman–Crippen MR) is 51.3 cm³/mol. The van der Waals surface area contributed by atoms with E-state index in [4.69, 9.17) is 0 Å². The summed E-state index contributed by atoms with van der Waals surface area (Å²) in [4.78, 5) is 0. The van der Waals surface area contributed by atoms with Crippen LogP contribution in [-0.2, 0) is 9.84 Å². The minimum Gasteiger partial charge on any atom is -0.222 e. The first kappa shape index (κ1) is 9.74. The van der Waals surface area contributed by atoms with Gasteiger partial charge in [-0.15, -0.1) is 11.3 Å². The molecule has 0 amide bonds. The van der Waals surface area contributed by atoms with Crippen LogP contribution < -0.4 is 0 Å². The topological polar surface area (TPSA) is 34.1 Å². The van der Waals surface area contributed by atoms with Crippen LogP contribution in [0, 0.1) is 0 Å². The molecular weight excluding hydrogens is 192 g/mol. The summed E-state index contributed by atoms with van der Waals surface area (Å²) in [6, 6.07) is 3.40. The highest BCUT2D eigenvalue weighted by atomic mass is 32.2. The number of hydrogen-bond donors (Lipinski definition) is 0. The van der Waals surface area contributed by atoms with Gasteiger partial charge in [0, 0.05) is 0 Å². The Bertz CT molecular complexity index is 341. The van der Waals surface area contributed by atoms with Crippen molar-refractivity contribution < 1.29 is 8.42 Å². The lowest BCUT2D eigenvalue weighted by atomic mass is 10.3. The molecule has 0 saturated heterocycles. The summed E-state index contributed by atoms with van der Waals surface area (Å²) in [6.45, 7) is 5.13. The molecule has 0 N–H and O–H groups in total. The van der Waals surface area contributed by atoms with Crippen LogP contribution in [0.2, 0.25) is 0 Å². The Morgan fingerprint density at radius 2 is 1.92 bits per heavy atom. The number of hydrogen-bond acceptors (Lipinski definition) is 3. The Labute approximate surface area is 77.2 Å². The molecule has 0 aromatic carbocycles. The van der Waals surface area contributed by atoms with E-state index < -0.39 is 14.6 Å². The highest BCUT2D eigenvalue weighted by molar-refractivity contribution is 7.94. The average molecular weight is 204 g/mol. The van der Waals surface area contributed by atoms with Crippen molar-refractivity contribution in [2.24, 2.45) is 0 Å². The van der Waals surface area contributed by atoms with Gasteiger partial charge in [0.15, 0.2) is 9.84 Å². The Kier molecular flexibility index (Phi) is 2.31. The maximum absolute atomic E-state index is 11.7. The molecular formula is C8H12O2S2. The van der Waals surface area contributed by atoms with E-state index in [0.29, 0.717) is 4.21 Å². The molecule has 0 atom stereocenters. The van der Waals surface area contributed by atoms with Crippen molar-refractivity contribution in [3.63, 3.8) is 0 Å². The van der Waals surface area contributed by atoms with Gasteiger partial charge in [-0.05, 0) is 32.2 Å². The zero-order chi connectivity index (χ0) is 9.41. The fourth-order valence-electron chi connectivity index (χ4n) is 0.718. The Balaban J connectivity index is 3.22. The van der Waals surface area contributed by atoms with E-state index in [0.717, 1.165) is 0 Å². The van der Waals surface area contributed by atoms with Crippen molar-refractivity contribution in [3.8, 4) is 0 Å². The summed E-state index contributed by atoms with van der Waals surface area (Å²) in [5.74, 6) is 0. The number of rotatable bonds is 1. The van der Waals surface area contributed by atoms with Gasteiger partial charge >= 0.3 is 0 Å². The van der Waals surface area contributed by atoms with Crippen LogP contribution in [0.15, 0.2) is 21.7 Å². The van der Waals surface area contributed by atoms with Gasteiger partial charge in [0.1, 0.15) is 4.21 Å². The van der Waals surface area contributed by atoms with Crippen molar-refractivity contribution in [1.29, 1.82) is 0 Å². The summed E-state index contributed by atoms with van der Waals surface area (Å²) in [5.41, 5.74) is 0. The molecule has 1 heterocycles. The van der Waals surface area contributed by atoms with E-state index in [1.807, 2.05) is 0 Å². The maximum atomic E-state index is 11.7. The SMILES string of the molecule is CC(C)(C)S(=O)(=O)c1cccs1. The van der Waals surface area contributed by atoms with E-state index in [9.17, 15) is 8.42 Å². The molecule has 12 heavy (non-hydrogen) atoms. The molecule has 0 aliphatic rings. The molecule has 1 aromatic heterocycles. The third-order valence-corrected chi connectivity index (χ3v) is 5.45. The number of sulfone groups is 1. The van der Waals surface area contributed by atoms with Crippen molar-refractivity contribution in [2.45, 2.75) is 29.7 Å². The van der Waals surface area contributed by atoms with Crippen LogP contribution in [0.4, 0.5) is 0 Å². The molecule has 0 bridgehead atoms. The molecule has 0 saturated carbocycles. The summed E-state index contributed by atoms with van der Waals surface area (Å²) in [7, 11) is -3.11. The highest BCUT2D eigenvalue weighted by Gasteiger charge is 2.31. The third kappa shape index (κ3) is 1.54. The molecule has 0 unspecified atom stereocenters. The Hall–Kier alpha value is -0.350. The van der Waals surface area contributed by atoms with E-state index in [1.54, 1.807) is 38.3 Å². The molecule has 0 aliphatic carbocycles. The standard InChI is InChI=1S/C8H12O2S2/c1-8(2,3)12(9,10)7-5-4-6-11-7/h4-6H,1-3H3. The zero-order valence-corrected chi connectivity index (χ0v) is 9.00. The lowest BCUT2D eigenvalue weighted by Gasteiger charge is -2.17. The van der Waals surface area contributed by atoms with Crippen molar-refractivity contribution in [3.05, 3.63) is 17.5 Å². The predicted octanol–water partition coefficient (Wildman–Crippen LogP) is 2.32. The Morgan fingerprint density at radius 1 is 1.33 bits per heavy atom. The highest BCUT2D eigenvalue weighted by Crippen LogP contribution is 2.27. The first-order valence-electron chi connectivity index (χ1n) is 3.64. The van der Waals surface area contributed by atoms with Crippen LogP contribution >= 0.6 is 11.3 Å². The van der Waals surface area contributed by atoms with Gasteiger partial charge in [0.25, 0.3) is 0 Å². The van der Waals surface area contributed by atoms with E-state index >= 15 is 0 Å². The lowest BCUT2D eigenvalue weighted by molar-refractivity contribution is 0.562. The quantitative estimate of drug-likeness (QED) is 0.703. The van der Waals surface area contributed by atoms with Crippen LogP contribution in [0.3, 0.4) is 0 Å². The molecule has 0 fully saturated rings. The molecule has 68 valence electrons. The molecule has 4 heteroatoms. The van der Waals surface area contributed by atoms with Gasteiger partial charge in [-0.25, -0.2) is 8.42 Å². The lowest BCUT2D eigenvalue weighted by Crippen LogP contribution is -2.27. The summed E-state index contributed by atoms with van der Waals surface area (Å²) in [6.07, 6.45) is 0. The molecule has 1 rings (SSSR count). The fraction of sp³-hybridized carbons (Fsp3) is 0.500. The normalized spacial score (nSPS) is 13.2. The molecule has 0 aliphatic heterocycles. The second-order valence-corrected chi connectivity index (χ2v) is 7.43. The van der Waals surface area contributed by atoms with Crippen molar-refractivity contribution in [1.82, 2.24) is 0 Å². The van der Waals surface area contributed by atoms with Crippen LogP contribution in [0.5, 0.6) is 0 Å². The number of thiophene rings is 1. The maximum Gasteiger partial charge on any atom is 0.192 e. The second kappa shape index (κ2) is 2.85. The minimum absolute atomic E-state index is 0.454. The van der Waals surface area contributed by atoms with E-state index in [1.165, 1.54) is 11.3 Å². The van der Waals surface area contributed by atoms with Crippen LogP contribution in [0.1, 0.15) is 20.8 Å². The average Bonchev–Trinajstić information content (AvgIpc) is 2.34. The first-order chi connectivity index (χ1) is 5.36. The monoisotopic (exact) mass is 204 g/mol. The molecule has 1 aromatic rings. The molecule has 2 nitrogen and oxygen atoms in total. The van der Waals surface area contributed by atoms with Gasteiger partial charge < -0.3 is 0 Å². The summed E-state index contributed by atoms with van der Waals surface area (Å²) >= 11 is 1.27.